The van der Waals surface area contributed by atoms with Gasteiger partial charge in [-0.05, 0) is 44.2 Å². The number of hydrogen-bond donors (Lipinski definition) is 1. The molecular weight excluding hydrogens is 402 g/mol. The van der Waals surface area contributed by atoms with E-state index in [0.29, 0.717) is 49.2 Å². The molecule has 2 heterocycles. The van der Waals surface area contributed by atoms with Gasteiger partial charge in [0.15, 0.2) is 5.13 Å². The number of nitrogens with zero attached hydrogens (tertiary/aromatic N) is 2. The highest BCUT2D eigenvalue weighted by Crippen LogP contribution is 2.32. The molecule has 0 bridgehead atoms. The average Bonchev–Trinajstić information content (AvgIpc) is 3.20. The molecule has 30 heavy (non-hydrogen) atoms. The van der Waals surface area contributed by atoms with Gasteiger partial charge in [-0.3, -0.25) is 4.79 Å². The number of carbonyl (C=O) groups is 1. The highest BCUT2D eigenvalue weighted by Gasteiger charge is 2.17. The predicted molar refractivity (Wildman–Crippen MR) is 119 cm³/mol. The molecule has 2 aromatic carbocycles. The van der Waals surface area contributed by atoms with Crippen molar-refractivity contribution in [2.45, 2.75) is 13.8 Å². The molecule has 4 rings (SSSR count). The van der Waals surface area contributed by atoms with Gasteiger partial charge in [-0.1, -0.05) is 11.3 Å². The van der Waals surface area contributed by atoms with Gasteiger partial charge >= 0.3 is 0 Å². The van der Waals surface area contributed by atoms with Crippen molar-refractivity contribution in [1.29, 1.82) is 0 Å². The van der Waals surface area contributed by atoms with Gasteiger partial charge in [0.2, 0.25) is 0 Å². The first-order chi connectivity index (χ1) is 14.7. The monoisotopic (exact) mass is 427 g/mol. The number of nitrogens with one attached hydrogen (secondary N) is 1. The smallest absolute Gasteiger partial charge is 0.255 e. The van der Waals surface area contributed by atoms with Crippen molar-refractivity contribution in [3.63, 3.8) is 0 Å². The van der Waals surface area contributed by atoms with Crippen LogP contribution in [0, 0.1) is 0 Å². The van der Waals surface area contributed by atoms with Crippen LogP contribution >= 0.6 is 11.3 Å². The molecule has 0 atom stereocenters. The van der Waals surface area contributed by atoms with Crippen molar-refractivity contribution in [2.24, 2.45) is 0 Å². The third-order valence-corrected chi connectivity index (χ3v) is 5.81. The van der Waals surface area contributed by atoms with E-state index in [2.05, 4.69) is 10.2 Å². The molecule has 0 spiro atoms. The van der Waals surface area contributed by atoms with Gasteiger partial charge in [0.25, 0.3) is 5.91 Å². The molecule has 1 aliphatic rings. The molecule has 1 N–H and O–H groups in total. The van der Waals surface area contributed by atoms with E-state index >= 15 is 0 Å². The maximum atomic E-state index is 12.9. The lowest BCUT2D eigenvalue weighted by molar-refractivity contribution is 0.102. The van der Waals surface area contributed by atoms with Crippen LogP contribution in [0.4, 0.5) is 10.8 Å². The SMILES string of the molecule is CCOc1ccc(OCC)c(NC(=O)c2ccc3nc(N4CCOCC4)sc3c2)c1. The van der Waals surface area contributed by atoms with Crippen molar-refractivity contribution in [1.82, 2.24) is 4.98 Å². The average molecular weight is 428 g/mol. The molecule has 1 saturated heterocycles. The van der Waals surface area contributed by atoms with Crippen LogP contribution in [0.15, 0.2) is 36.4 Å². The van der Waals surface area contributed by atoms with Crippen molar-refractivity contribution < 1.29 is 19.0 Å². The normalized spacial score (nSPS) is 14.0. The van der Waals surface area contributed by atoms with Gasteiger partial charge in [-0.25, -0.2) is 4.98 Å². The fourth-order valence-corrected chi connectivity index (χ4v) is 4.34. The fraction of sp³-hybridized carbons (Fsp3) is 0.364. The summed E-state index contributed by atoms with van der Waals surface area (Å²) < 4.78 is 17.6. The molecule has 0 radical (unpaired) electrons. The number of morpholine rings is 1. The van der Waals surface area contributed by atoms with Crippen LogP contribution < -0.4 is 19.7 Å². The quantitative estimate of drug-likeness (QED) is 0.610. The van der Waals surface area contributed by atoms with Crippen LogP contribution in [0.25, 0.3) is 10.2 Å². The third-order valence-electron chi connectivity index (χ3n) is 4.73. The number of benzene rings is 2. The molecule has 3 aromatic rings. The molecule has 1 amide bonds. The topological polar surface area (TPSA) is 72.9 Å². The minimum atomic E-state index is -0.201. The van der Waals surface area contributed by atoms with Gasteiger partial charge in [-0.2, -0.15) is 0 Å². The van der Waals surface area contributed by atoms with Crippen molar-refractivity contribution in [3.05, 3.63) is 42.0 Å². The Morgan fingerprint density at radius 1 is 1.13 bits per heavy atom. The number of rotatable bonds is 7. The van der Waals surface area contributed by atoms with E-state index in [4.69, 9.17) is 19.2 Å². The molecule has 0 saturated carbocycles. The zero-order valence-corrected chi connectivity index (χ0v) is 18.0. The summed E-state index contributed by atoms with van der Waals surface area (Å²) in [6.45, 7) is 7.99. The number of aromatic nitrogens is 1. The van der Waals surface area contributed by atoms with Crippen LogP contribution in [0.3, 0.4) is 0 Å². The van der Waals surface area contributed by atoms with Gasteiger partial charge in [-0.15, -0.1) is 0 Å². The Balaban J connectivity index is 1.56. The van der Waals surface area contributed by atoms with Crippen LogP contribution in [0.1, 0.15) is 24.2 Å². The largest absolute Gasteiger partial charge is 0.494 e. The molecular formula is C22H25N3O4S. The van der Waals surface area contributed by atoms with Gasteiger partial charge in [0.05, 0.1) is 42.3 Å². The molecule has 8 heteroatoms. The summed E-state index contributed by atoms with van der Waals surface area (Å²) >= 11 is 1.60. The van der Waals surface area contributed by atoms with E-state index in [1.165, 1.54) is 0 Å². The van der Waals surface area contributed by atoms with E-state index in [0.717, 1.165) is 28.4 Å². The predicted octanol–water partition coefficient (Wildman–Crippen LogP) is 4.18. The number of hydrogen-bond acceptors (Lipinski definition) is 7. The van der Waals surface area contributed by atoms with E-state index in [1.807, 2.05) is 38.1 Å². The second kappa shape index (κ2) is 9.32. The lowest BCUT2D eigenvalue weighted by Gasteiger charge is -2.25. The Kier molecular flexibility index (Phi) is 6.35. The van der Waals surface area contributed by atoms with E-state index in [-0.39, 0.29) is 5.91 Å². The second-order valence-electron chi connectivity index (χ2n) is 6.76. The van der Waals surface area contributed by atoms with Crippen LogP contribution in [0.5, 0.6) is 11.5 Å². The van der Waals surface area contributed by atoms with Gasteiger partial charge in [0.1, 0.15) is 11.5 Å². The second-order valence-corrected chi connectivity index (χ2v) is 7.77. The molecule has 1 fully saturated rings. The van der Waals surface area contributed by atoms with Gasteiger partial charge in [0, 0.05) is 24.7 Å². The zero-order chi connectivity index (χ0) is 20.9. The Morgan fingerprint density at radius 2 is 1.93 bits per heavy atom. The Labute approximate surface area is 179 Å². The zero-order valence-electron chi connectivity index (χ0n) is 17.1. The summed E-state index contributed by atoms with van der Waals surface area (Å²) in [5.74, 6) is 1.10. The van der Waals surface area contributed by atoms with Crippen LogP contribution in [-0.2, 0) is 4.74 Å². The molecule has 7 nitrogen and oxygen atoms in total. The van der Waals surface area contributed by atoms with Crippen molar-refractivity contribution in [3.8, 4) is 11.5 Å². The lowest BCUT2D eigenvalue weighted by Crippen LogP contribution is -2.36. The summed E-state index contributed by atoms with van der Waals surface area (Å²) in [4.78, 5) is 19.9. The maximum absolute atomic E-state index is 12.9. The highest BCUT2D eigenvalue weighted by atomic mass is 32.1. The van der Waals surface area contributed by atoms with E-state index in [9.17, 15) is 4.79 Å². The molecule has 1 aliphatic heterocycles. The minimum Gasteiger partial charge on any atom is -0.494 e. The molecule has 1 aromatic heterocycles. The Hall–Kier alpha value is -2.84. The number of fused-ring (bicyclic) bond motifs is 1. The van der Waals surface area contributed by atoms with E-state index in [1.54, 1.807) is 23.5 Å². The first-order valence-electron chi connectivity index (χ1n) is 10.1. The summed E-state index contributed by atoms with van der Waals surface area (Å²) in [6, 6.07) is 11.0. The summed E-state index contributed by atoms with van der Waals surface area (Å²) in [6.07, 6.45) is 0. The van der Waals surface area contributed by atoms with E-state index < -0.39 is 0 Å². The number of ether oxygens (including phenoxy) is 3. The highest BCUT2D eigenvalue weighted by molar-refractivity contribution is 7.22. The molecule has 0 aliphatic carbocycles. The first-order valence-corrected chi connectivity index (χ1v) is 10.9. The number of anilines is 2. The Morgan fingerprint density at radius 3 is 2.70 bits per heavy atom. The van der Waals surface area contributed by atoms with Crippen LogP contribution in [0.2, 0.25) is 0 Å². The van der Waals surface area contributed by atoms with Crippen LogP contribution in [-0.4, -0.2) is 50.4 Å². The maximum Gasteiger partial charge on any atom is 0.255 e. The first kappa shape index (κ1) is 20.4. The fourth-order valence-electron chi connectivity index (χ4n) is 3.28. The summed E-state index contributed by atoms with van der Waals surface area (Å²) in [5, 5.41) is 3.93. The third kappa shape index (κ3) is 4.49. The number of amides is 1. The van der Waals surface area contributed by atoms with Crippen molar-refractivity contribution in [2.75, 3.05) is 49.7 Å². The number of carbonyl (C=O) groups excluding carboxylic acids is 1. The number of thiazole rings is 1. The lowest BCUT2D eigenvalue weighted by atomic mass is 10.2. The summed E-state index contributed by atoms with van der Waals surface area (Å²) in [7, 11) is 0. The summed E-state index contributed by atoms with van der Waals surface area (Å²) in [5.41, 5.74) is 2.06. The van der Waals surface area contributed by atoms with Crippen molar-refractivity contribution >= 4 is 38.3 Å². The van der Waals surface area contributed by atoms with Gasteiger partial charge < -0.3 is 24.4 Å². The minimum absolute atomic E-state index is 0.201. The Bertz CT molecular complexity index is 1030. The molecule has 158 valence electrons. The standard InChI is InChI=1S/C22H25N3O4S/c1-3-28-16-6-8-19(29-4-2)18(14-16)23-21(26)15-5-7-17-20(13-15)30-22(24-17)25-9-11-27-12-10-25/h5-8,13-14H,3-4,9-12H2,1-2H3,(H,23,26). The molecule has 0 unspecified atom stereocenters.